The number of hydrogen-bond acceptors (Lipinski definition) is 4. The van der Waals surface area contributed by atoms with E-state index < -0.39 is 5.60 Å². The molecule has 2 rings (SSSR count). The zero-order valence-electron chi connectivity index (χ0n) is 13.1. The molecule has 1 aliphatic heterocycles. The van der Waals surface area contributed by atoms with Crippen LogP contribution in [-0.2, 0) is 25.4 Å². The molecular formula is C17H24O4. The first kappa shape index (κ1) is 16.0. The number of aryl methyl sites for hydroxylation is 1. The normalized spacial score (nSPS) is 18.4. The van der Waals surface area contributed by atoms with Gasteiger partial charge in [-0.1, -0.05) is 29.8 Å². The Kier molecular flexibility index (Phi) is 5.37. The Morgan fingerprint density at radius 2 is 1.90 bits per heavy atom. The second-order valence-electron chi connectivity index (χ2n) is 5.92. The molecule has 0 aliphatic carbocycles. The van der Waals surface area contributed by atoms with Crippen LogP contribution < -0.4 is 0 Å². The Hall–Kier alpha value is -1.39. The van der Waals surface area contributed by atoms with E-state index in [4.69, 9.17) is 14.2 Å². The first-order valence-corrected chi connectivity index (χ1v) is 7.45. The molecule has 116 valence electrons. The van der Waals surface area contributed by atoms with E-state index >= 15 is 0 Å². The van der Waals surface area contributed by atoms with Gasteiger partial charge < -0.3 is 14.2 Å². The summed E-state index contributed by atoms with van der Waals surface area (Å²) >= 11 is 0. The van der Waals surface area contributed by atoms with Crippen LogP contribution in [0.4, 0.5) is 0 Å². The number of benzene rings is 1. The fourth-order valence-corrected chi connectivity index (χ4v) is 2.66. The van der Waals surface area contributed by atoms with Gasteiger partial charge >= 0.3 is 5.97 Å². The van der Waals surface area contributed by atoms with Crippen LogP contribution in [-0.4, -0.2) is 31.1 Å². The van der Waals surface area contributed by atoms with Crippen molar-refractivity contribution < 1.29 is 19.0 Å². The molecule has 4 nitrogen and oxygen atoms in total. The van der Waals surface area contributed by atoms with Crippen molar-refractivity contribution in [2.45, 2.75) is 51.9 Å². The van der Waals surface area contributed by atoms with Crippen molar-refractivity contribution >= 4 is 5.97 Å². The standard InChI is InChI=1S/C17H24O4/c1-13-4-6-15(7-5-13)12-17(3,21-14(2)18)9-8-16-19-10-11-20-16/h4-7,16H,8-12H2,1-3H3. The molecule has 0 bridgehead atoms. The van der Waals surface area contributed by atoms with E-state index in [-0.39, 0.29) is 12.3 Å². The van der Waals surface area contributed by atoms with Crippen LogP contribution in [0.25, 0.3) is 0 Å². The van der Waals surface area contributed by atoms with Gasteiger partial charge in [0.1, 0.15) is 5.60 Å². The van der Waals surface area contributed by atoms with Gasteiger partial charge in [0, 0.05) is 19.8 Å². The summed E-state index contributed by atoms with van der Waals surface area (Å²) in [5.41, 5.74) is 1.86. The van der Waals surface area contributed by atoms with E-state index in [9.17, 15) is 4.79 Å². The highest BCUT2D eigenvalue weighted by atomic mass is 16.7. The first-order valence-electron chi connectivity index (χ1n) is 7.45. The van der Waals surface area contributed by atoms with Crippen LogP contribution in [0.3, 0.4) is 0 Å². The SMILES string of the molecule is CC(=O)OC(C)(CCC1OCCO1)Cc1ccc(C)cc1. The Morgan fingerprint density at radius 3 is 2.48 bits per heavy atom. The van der Waals surface area contributed by atoms with Gasteiger partial charge in [0.15, 0.2) is 6.29 Å². The zero-order valence-corrected chi connectivity index (χ0v) is 13.1. The van der Waals surface area contributed by atoms with E-state index in [1.165, 1.54) is 12.5 Å². The van der Waals surface area contributed by atoms with Gasteiger partial charge in [-0.2, -0.15) is 0 Å². The molecular weight excluding hydrogens is 268 g/mol. The lowest BCUT2D eigenvalue weighted by Gasteiger charge is -2.30. The third kappa shape index (κ3) is 5.14. The largest absolute Gasteiger partial charge is 0.459 e. The minimum absolute atomic E-state index is 0.169. The average Bonchev–Trinajstić information content (AvgIpc) is 2.92. The summed E-state index contributed by atoms with van der Waals surface area (Å²) in [4.78, 5) is 11.4. The van der Waals surface area contributed by atoms with Crippen molar-refractivity contribution in [1.29, 1.82) is 0 Å². The number of ether oxygens (including phenoxy) is 3. The molecule has 4 heteroatoms. The van der Waals surface area contributed by atoms with Crippen molar-refractivity contribution in [2.75, 3.05) is 13.2 Å². The van der Waals surface area contributed by atoms with Crippen LogP contribution >= 0.6 is 0 Å². The Bertz CT molecular complexity index is 462. The molecule has 1 heterocycles. The van der Waals surface area contributed by atoms with Crippen molar-refractivity contribution in [2.24, 2.45) is 0 Å². The van der Waals surface area contributed by atoms with Gasteiger partial charge in [0.25, 0.3) is 0 Å². The molecule has 0 aromatic heterocycles. The minimum Gasteiger partial charge on any atom is -0.459 e. The van der Waals surface area contributed by atoms with Gasteiger partial charge in [0.05, 0.1) is 13.2 Å². The molecule has 1 aromatic carbocycles. The smallest absolute Gasteiger partial charge is 0.303 e. The van der Waals surface area contributed by atoms with Crippen molar-refractivity contribution in [3.05, 3.63) is 35.4 Å². The van der Waals surface area contributed by atoms with Crippen LogP contribution in [0, 0.1) is 6.92 Å². The second-order valence-corrected chi connectivity index (χ2v) is 5.92. The Labute approximate surface area is 126 Å². The lowest BCUT2D eigenvalue weighted by Crippen LogP contribution is -2.34. The van der Waals surface area contributed by atoms with E-state index in [1.807, 2.05) is 6.92 Å². The summed E-state index contributed by atoms with van der Waals surface area (Å²) in [5.74, 6) is -0.252. The third-order valence-electron chi connectivity index (χ3n) is 3.69. The van der Waals surface area contributed by atoms with E-state index in [0.29, 0.717) is 26.1 Å². The number of rotatable bonds is 6. The maximum Gasteiger partial charge on any atom is 0.303 e. The summed E-state index contributed by atoms with van der Waals surface area (Å²) in [7, 11) is 0. The summed E-state index contributed by atoms with van der Waals surface area (Å²) in [6.45, 7) is 6.78. The van der Waals surface area contributed by atoms with Crippen LogP contribution in [0.5, 0.6) is 0 Å². The average molecular weight is 292 g/mol. The van der Waals surface area contributed by atoms with Crippen molar-refractivity contribution in [3.63, 3.8) is 0 Å². The molecule has 1 fully saturated rings. The lowest BCUT2D eigenvalue weighted by molar-refractivity contribution is -0.158. The van der Waals surface area contributed by atoms with Gasteiger partial charge in [-0.15, -0.1) is 0 Å². The zero-order chi connectivity index (χ0) is 15.3. The Balaban J connectivity index is 2.00. The fourth-order valence-electron chi connectivity index (χ4n) is 2.66. The van der Waals surface area contributed by atoms with Crippen LogP contribution in [0.2, 0.25) is 0 Å². The predicted molar refractivity (Wildman–Crippen MR) is 80.0 cm³/mol. The summed E-state index contributed by atoms with van der Waals surface area (Å²) in [6.07, 6.45) is 1.97. The molecule has 1 saturated heterocycles. The monoisotopic (exact) mass is 292 g/mol. The first-order chi connectivity index (χ1) is 9.97. The maximum atomic E-state index is 11.4. The number of hydrogen-bond donors (Lipinski definition) is 0. The molecule has 1 atom stereocenters. The highest BCUT2D eigenvalue weighted by molar-refractivity contribution is 5.66. The predicted octanol–water partition coefficient (Wildman–Crippen LogP) is 3.01. The Morgan fingerprint density at radius 1 is 1.29 bits per heavy atom. The number of esters is 1. The van der Waals surface area contributed by atoms with E-state index in [2.05, 4.69) is 31.2 Å². The quantitative estimate of drug-likeness (QED) is 0.756. The topological polar surface area (TPSA) is 44.8 Å². The maximum absolute atomic E-state index is 11.4. The summed E-state index contributed by atoms with van der Waals surface area (Å²) in [5, 5.41) is 0. The van der Waals surface area contributed by atoms with Gasteiger partial charge in [0.2, 0.25) is 0 Å². The highest BCUT2D eigenvalue weighted by Crippen LogP contribution is 2.26. The van der Waals surface area contributed by atoms with E-state index in [0.717, 1.165) is 12.0 Å². The van der Waals surface area contributed by atoms with Crippen LogP contribution in [0.15, 0.2) is 24.3 Å². The number of carbonyl (C=O) groups is 1. The molecule has 1 aromatic rings. The van der Waals surface area contributed by atoms with Gasteiger partial charge in [-0.05, 0) is 25.8 Å². The molecule has 0 N–H and O–H groups in total. The number of carbonyl (C=O) groups excluding carboxylic acids is 1. The third-order valence-corrected chi connectivity index (χ3v) is 3.69. The fraction of sp³-hybridized carbons (Fsp3) is 0.588. The molecule has 0 saturated carbocycles. The molecule has 1 aliphatic rings. The van der Waals surface area contributed by atoms with Gasteiger partial charge in [-0.25, -0.2) is 0 Å². The molecule has 0 radical (unpaired) electrons. The summed E-state index contributed by atoms with van der Waals surface area (Å²) < 4.78 is 16.5. The van der Waals surface area contributed by atoms with Crippen molar-refractivity contribution in [1.82, 2.24) is 0 Å². The molecule has 0 spiro atoms. The minimum atomic E-state index is -0.531. The second kappa shape index (κ2) is 7.05. The lowest BCUT2D eigenvalue weighted by atomic mass is 9.91. The molecule has 0 amide bonds. The van der Waals surface area contributed by atoms with Gasteiger partial charge in [-0.3, -0.25) is 4.79 Å². The summed E-state index contributed by atoms with van der Waals surface area (Å²) in [6, 6.07) is 8.32. The van der Waals surface area contributed by atoms with Crippen LogP contribution in [0.1, 0.15) is 37.8 Å². The highest BCUT2D eigenvalue weighted by Gasteiger charge is 2.30. The molecule has 21 heavy (non-hydrogen) atoms. The van der Waals surface area contributed by atoms with Crippen molar-refractivity contribution in [3.8, 4) is 0 Å². The molecule has 1 unspecified atom stereocenters. The van der Waals surface area contributed by atoms with E-state index in [1.54, 1.807) is 0 Å².